The molecule has 1 fully saturated rings. The first kappa shape index (κ1) is 9.76. The van der Waals surface area contributed by atoms with Gasteiger partial charge in [0, 0.05) is 19.3 Å². The molecule has 0 spiro atoms. The maximum Gasteiger partial charge on any atom is 0.321 e. The van der Waals surface area contributed by atoms with E-state index in [1.54, 1.807) is 17.2 Å². The van der Waals surface area contributed by atoms with Gasteiger partial charge in [-0.15, -0.1) is 0 Å². The maximum absolute atomic E-state index is 11.7. The van der Waals surface area contributed by atoms with Crippen LogP contribution in [0.25, 0.3) is 0 Å². The van der Waals surface area contributed by atoms with Gasteiger partial charge in [0.1, 0.15) is 0 Å². The van der Waals surface area contributed by atoms with Crippen LogP contribution in [-0.4, -0.2) is 29.0 Å². The molecular weight excluding hydrogens is 192 g/mol. The van der Waals surface area contributed by atoms with Gasteiger partial charge in [0.25, 0.3) is 0 Å². The summed E-state index contributed by atoms with van der Waals surface area (Å²) in [6, 6.07) is 1.62. The second-order valence-corrected chi connectivity index (χ2v) is 3.59. The van der Waals surface area contributed by atoms with E-state index in [-0.39, 0.29) is 6.03 Å². The number of amides is 2. The molecule has 0 unspecified atom stereocenters. The highest BCUT2D eigenvalue weighted by Crippen LogP contribution is 2.17. The SMILES string of the molecule is Nc1cnccc1NC(=O)N1CCCC1. The number of rotatable bonds is 1. The molecule has 1 saturated heterocycles. The Morgan fingerprint density at radius 2 is 2.20 bits per heavy atom. The molecule has 5 heteroatoms. The number of pyridine rings is 1. The van der Waals surface area contributed by atoms with Crippen LogP contribution in [0.1, 0.15) is 12.8 Å². The van der Waals surface area contributed by atoms with Crippen LogP contribution in [0, 0.1) is 0 Å². The largest absolute Gasteiger partial charge is 0.396 e. The van der Waals surface area contributed by atoms with Gasteiger partial charge in [0.05, 0.1) is 17.6 Å². The molecule has 2 rings (SSSR count). The van der Waals surface area contributed by atoms with E-state index in [2.05, 4.69) is 10.3 Å². The Bertz CT molecular complexity index is 360. The first-order valence-corrected chi connectivity index (χ1v) is 5.03. The molecule has 15 heavy (non-hydrogen) atoms. The first-order chi connectivity index (χ1) is 7.27. The second kappa shape index (κ2) is 4.16. The van der Waals surface area contributed by atoms with E-state index in [9.17, 15) is 4.79 Å². The molecule has 0 bridgehead atoms. The molecule has 2 amide bonds. The second-order valence-electron chi connectivity index (χ2n) is 3.59. The number of carbonyl (C=O) groups is 1. The van der Waals surface area contributed by atoms with Crippen LogP contribution in [0.2, 0.25) is 0 Å². The predicted octanol–water partition coefficient (Wildman–Crippen LogP) is 1.29. The lowest BCUT2D eigenvalue weighted by Crippen LogP contribution is -2.32. The molecule has 1 aliphatic heterocycles. The van der Waals surface area contributed by atoms with Crippen molar-refractivity contribution in [2.75, 3.05) is 24.1 Å². The Morgan fingerprint density at radius 1 is 1.47 bits per heavy atom. The Balaban J connectivity index is 2.02. The number of anilines is 2. The fraction of sp³-hybridized carbons (Fsp3) is 0.400. The summed E-state index contributed by atoms with van der Waals surface area (Å²) in [5, 5.41) is 2.77. The average molecular weight is 206 g/mol. The lowest BCUT2D eigenvalue weighted by molar-refractivity contribution is 0.222. The summed E-state index contributed by atoms with van der Waals surface area (Å²) < 4.78 is 0. The zero-order valence-corrected chi connectivity index (χ0v) is 8.44. The van der Waals surface area contributed by atoms with E-state index in [1.165, 1.54) is 6.20 Å². The standard InChI is InChI=1S/C10H14N4O/c11-8-7-12-4-3-9(8)13-10(15)14-5-1-2-6-14/h3-4,7H,1-2,5-6,11H2,(H,12,13,15). The molecule has 0 aliphatic carbocycles. The third-order valence-electron chi connectivity index (χ3n) is 2.49. The Morgan fingerprint density at radius 3 is 2.87 bits per heavy atom. The number of hydrogen-bond acceptors (Lipinski definition) is 3. The molecule has 1 aromatic rings. The van der Waals surface area contributed by atoms with Crippen LogP contribution in [0.5, 0.6) is 0 Å². The lowest BCUT2D eigenvalue weighted by atomic mass is 10.3. The van der Waals surface area contributed by atoms with Crippen molar-refractivity contribution in [2.45, 2.75) is 12.8 Å². The molecule has 1 aliphatic rings. The van der Waals surface area contributed by atoms with Gasteiger partial charge in [-0.25, -0.2) is 4.79 Å². The third-order valence-corrected chi connectivity index (χ3v) is 2.49. The van der Waals surface area contributed by atoms with Crippen LogP contribution >= 0.6 is 0 Å². The number of carbonyl (C=O) groups excluding carboxylic acids is 1. The van der Waals surface area contributed by atoms with Gasteiger partial charge >= 0.3 is 6.03 Å². The summed E-state index contributed by atoms with van der Waals surface area (Å²) >= 11 is 0. The fourth-order valence-corrected chi connectivity index (χ4v) is 1.63. The summed E-state index contributed by atoms with van der Waals surface area (Å²) in [6.07, 6.45) is 5.30. The number of aromatic nitrogens is 1. The van der Waals surface area contributed by atoms with Gasteiger partial charge in [0.15, 0.2) is 0 Å². The van der Waals surface area contributed by atoms with Crippen LogP contribution < -0.4 is 11.1 Å². The van der Waals surface area contributed by atoms with Crippen LogP contribution in [-0.2, 0) is 0 Å². The summed E-state index contributed by atoms with van der Waals surface area (Å²) in [4.78, 5) is 17.4. The maximum atomic E-state index is 11.7. The van der Waals surface area contributed by atoms with Gasteiger partial charge in [-0.3, -0.25) is 4.98 Å². The normalized spacial score (nSPS) is 15.3. The average Bonchev–Trinajstić information content (AvgIpc) is 2.74. The van der Waals surface area contributed by atoms with E-state index in [4.69, 9.17) is 5.73 Å². The molecular formula is C10H14N4O. The minimum absolute atomic E-state index is 0.0783. The number of nitrogens with two attached hydrogens (primary N) is 1. The van der Waals surface area contributed by atoms with Gasteiger partial charge in [-0.1, -0.05) is 0 Å². The molecule has 0 aromatic carbocycles. The highest BCUT2D eigenvalue weighted by atomic mass is 16.2. The molecule has 80 valence electrons. The zero-order valence-electron chi connectivity index (χ0n) is 8.44. The summed E-state index contributed by atoms with van der Waals surface area (Å²) in [7, 11) is 0. The molecule has 1 aromatic heterocycles. The quantitative estimate of drug-likeness (QED) is 0.727. The fourth-order valence-electron chi connectivity index (χ4n) is 1.63. The van der Waals surface area contributed by atoms with Gasteiger partial charge in [-0.05, 0) is 18.9 Å². The van der Waals surface area contributed by atoms with Crippen molar-refractivity contribution < 1.29 is 4.79 Å². The third kappa shape index (κ3) is 2.18. The van der Waals surface area contributed by atoms with Crippen molar-refractivity contribution in [2.24, 2.45) is 0 Å². The molecule has 2 heterocycles. The molecule has 5 nitrogen and oxygen atoms in total. The zero-order chi connectivity index (χ0) is 10.7. The van der Waals surface area contributed by atoms with E-state index in [1.807, 2.05) is 0 Å². The first-order valence-electron chi connectivity index (χ1n) is 5.03. The van der Waals surface area contributed by atoms with E-state index >= 15 is 0 Å². The van der Waals surface area contributed by atoms with E-state index < -0.39 is 0 Å². The number of nitrogens with one attached hydrogen (secondary N) is 1. The predicted molar refractivity (Wildman–Crippen MR) is 58.5 cm³/mol. The Kier molecular flexibility index (Phi) is 2.71. The molecule has 0 radical (unpaired) electrons. The molecule has 0 saturated carbocycles. The molecule has 0 atom stereocenters. The topological polar surface area (TPSA) is 71.2 Å². The van der Waals surface area contributed by atoms with Crippen LogP contribution in [0.3, 0.4) is 0 Å². The number of hydrogen-bond donors (Lipinski definition) is 2. The Labute approximate surface area is 88.3 Å². The summed E-state index contributed by atoms with van der Waals surface area (Å²) in [5.41, 5.74) is 6.79. The minimum atomic E-state index is -0.0783. The highest BCUT2D eigenvalue weighted by molar-refractivity contribution is 5.92. The van der Waals surface area contributed by atoms with E-state index in [0.717, 1.165) is 25.9 Å². The number of nitrogens with zero attached hydrogens (tertiary/aromatic N) is 2. The van der Waals surface area contributed by atoms with Gasteiger partial charge < -0.3 is 16.0 Å². The van der Waals surface area contributed by atoms with Crippen molar-refractivity contribution in [3.63, 3.8) is 0 Å². The highest BCUT2D eigenvalue weighted by Gasteiger charge is 2.18. The number of likely N-dealkylation sites (tertiary alicyclic amines) is 1. The number of nitrogen functional groups attached to an aromatic ring is 1. The summed E-state index contributed by atoms with van der Waals surface area (Å²) in [6.45, 7) is 1.66. The minimum Gasteiger partial charge on any atom is -0.396 e. The van der Waals surface area contributed by atoms with Gasteiger partial charge in [-0.2, -0.15) is 0 Å². The summed E-state index contributed by atoms with van der Waals surface area (Å²) in [5.74, 6) is 0. The van der Waals surface area contributed by atoms with Gasteiger partial charge in [0.2, 0.25) is 0 Å². The molecule has 3 N–H and O–H groups in total. The smallest absolute Gasteiger partial charge is 0.321 e. The van der Waals surface area contributed by atoms with Crippen molar-refractivity contribution in [1.29, 1.82) is 0 Å². The van der Waals surface area contributed by atoms with Crippen molar-refractivity contribution >= 4 is 17.4 Å². The monoisotopic (exact) mass is 206 g/mol. The van der Waals surface area contributed by atoms with E-state index in [0.29, 0.717) is 11.4 Å². The van der Waals surface area contributed by atoms with Crippen LogP contribution in [0.4, 0.5) is 16.2 Å². The lowest BCUT2D eigenvalue weighted by Gasteiger charge is -2.16. The van der Waals surface area contributed by atoms with Crippen molar-refractivity contribution in [3.05, 3.63) is 18.5 Å². The van der Waals surface area contributed by atoms with Crippen LogP contribution in [0.15, 0.2) is 18.5 Å². The number of urea groups is 1. The van der Waals surface area contributed by atoms with Crippen molar-refractivity contribution in [3.8, 4) is 0 Å². The Hall–Kier alpha value is -1.78. The van der Waals surface area contributed by atoms with Crippen molar-refractivity contribution in [1.82, 2.24) is 9.88 Å².